The second kappa shape index (κ2) is 5.86. The van der Waals surface area contributed by atoms with Crippen molar-refractivity contribution >= 4 is 11.5 Å². The van der Waals surface area contributed by atoms with Gasteiger partial charge < -0.3 is 5.32 Å². The Bertz CT molecular complexity index is 634. The molecule has 0 aliphatic heterocycles. The van der Waals surface area contributed by atoms with Gasteiger partial charge in [-0.05, 0) is 37.8 Å². The Morgan fingerprint density at radius 1 is 1.14 bits per heavy atom. The van der Waals surface area contributed by atoms with Crippen LogP contribution in [0.25, 0.3) is 5.65 Å². The minimum atomic E-state index is -0.0694. The summed E-state index contributed by atoms with van der Waals surface area (Å²) < 4.78 is 1.87. The van der Waals surface area contributed by atoms with Crippen LogP contribution in [-0.4, -0.2) is 25.9 Å². The number of rotatable bonds is 3. The molecule has 5 nitrogen and oxygen atoms in total. The van der Waals surface area contributed by atoms with Crippen molar-refractivity contribution in [3.8, 4) is 0 Å². The lowest BCUT2D eigenvalue weighted by molar-refractivity contribution is 0.328. The molecular weight excluding hydrogens is 274 g/mol. The van der Waals surface area contributed by atoms with Crippen LogP contribution < -0.4 is 5.32 Å². The maximum absolute atomic E-state index is 4.72. The van der Waals surface area contributed by atoms with Gasteiger partial charge in [0, 0.05) is 11.5 Å². The summed E-state index contributed by atoms with van der Waals surface area (Å²) in [5, 5.41) is 16.8. The molecule has 1 aliphatic rings. The number of anilines is 1. The maximum Gasteiger partial charge on any atom is 0.178 e. The third-order valence-electron chi connectivity index (χ3n) is 4.67. The third kappa shape index (κ3) is 3.08. The number of hydrogen-bond acceptors (Lipinski definition) is 4. The van der Waals surface area contributed by atoms with E-state index in [4.69, 9.17) is 5.10 Å². The third-order valence-corrected chi connectivity index (χ3v) is 4.67. The van der Waals surface area contributed by atoms with Gasteiger partial charge in [0.2, 0.25) is 0 Å². The molecule has 0 saturated heterocycles. The molecule has 2 aromatic rings. The van der Waals surface area contributed by atoms with Crippen LogP contribution in [0.1, 0.15) is 65.6 Å². The van der Waals surface area contributed by atoms with E-state index in [1.54, 1.807) is 0 Å². The van der Waals surface area contributed by atoms with Crippen LogP contribution in [-0.2, 0) is 5.41 Å². The monoisotopic (exact) mass is 301 g/mol. The van der Waals surface area contributed by atoms with Crippen LogP contribution in [0, 0.1) is 5.92 Å². The van der Waals surface area contributed by atoms with Crippen LogP contribution in [0.4, 0.5) is 5.82 Å². The number of nitrogens with one attached hydrogen (secondary N) is 1. The normalized spacial score (nSPS) is 18.5. The molecule has 22 heavy (non-hydrogen) atoms. The lowest BCUT2D eigenvalue weighted by Crippen LogP contribution is -2.28. The molecule has 1 atom stereocenters. The van der Waals surface area contributed by atoms with Gasteiger partial charge in [-0.1, -0.05) is 40.0 Å². The van der Waals surface area contributed by atoms with Crippen LogP contribution >= 0.6 is 0 Å². The molecule has 2 aromatic heterocycles. The summed E-state index contributed by atoms with van der Waals surface area (Å²) in [6.07, 6.45) is 6.78. The van der Waals surface area contributed by atoms with E-state index in [0.717, 1.165) is 23.2 Å². The largest absolute Gasteiger partial charge is 0.366 e. The van der Waals surface area contributed by atoms with E-state index >= 15 is 0 Å². The fraction of sp³-hybridized carbons (Fsp3) is 0.706. The van der Waals surface area contributed by atoms with Gasteiger partial charge in [0.15, 0.2) is 11.5 Å². The summed E-state index contributed by atoms with van der Waals surface area (Å²) in [5.41, 5.74) is 0.737. The molecule has 1 saturated carbocycles. The lowest BCUT2D eigenvalue weighted by Gasteiger charge is -2.28. The van der Waals surface area contributed by atoms with Gasteiger partial charge in [0.1, 0.15) is 5.82 Å². The molecule has 0 bridgehead atoms. The van der Waals surface area contributed by atoms with E-state index in [0.29, 0.717) is 6.04 Å². The minimum Gasteiger partial charge on any atom is -0.366 e. The Balaban J connectivity index is 1.82. The standard InChI is InChI=1S/C17H27N5/c1-12(13-8-6-5-7-9-13)18-14-10-11-15-19-20-16(17(2,3)4)22(15)21-14/h10-13H,5-9H2,1-4H3,(H,18,21). The first-order valence-corrected chi connectivity index (χ1v) is 8.44. The second-order valence-electron chi connectivity index (χ2n) is 7.59. The summed E-state index contributed by atoms with van der Waals surface area (Å²) in [5.74, 6) is 2.57. The molecule has 120 valence electrons. The van der Waals surface area contributed by atoms with Crippen molar-refractivity contribution in [1.29, 1.82) is 0 Å². The van der Waals surface area contributed by atoms with E-state index in [9.17, 15) is 0 Å². The molecule has 0 amide bonds. The van der Waals surface area contributed by atoms with Gasteiger partial charge in [-0.25, -0.2) is 0 Å². The molecule has 1 N–H and O–H groups in total. The number of nitrogens with zero attached hydrogens (tertiary/aromatic N) is 4. The van der Waals surface area contributed by atoms with Crippen LogP contribution in [0.2, 0.25) is 0 Å². The molecule has 0 spiro atoms. The van der Waals surface area contributed by atoms with Crippen molar-refractivity contribution in [2.75, 3.05) is 5.32 Å². The van der Waals surface area contributed by atoms with Gasteiger partial charge in [-0.15, -0.1) is 15.3 Å². The zero-order valence-corrected chi connectivity index (χ0v) is 14.1. The van der Waals surface area contributed by atoms with Crippen molar-refractivity contribution in [1.82, 2.24) is 19.8 Å². The average Bonchev–Trinajstić information content (AvgIpc) is 2.91. The molecule has 5 heteroatoms. The first-order chi connectivity index (χ1) is 10.4. The quantitative estimate of drug-likeness (QED) is 0.937. The Labute approximate surface area is 132 Å². The molecule has 2 heterocycles. The van der Waals surface area contributed by atoms with E-state index in [1.807, 2.05) is 16.6 Å². The first kappa shape index (κ1) is 15.3. The van der Waals surface area contributed by atoms with E-state index in [2.05, 4.69) is 43.2 Å². The fourth-order valence-corrected chi connectivity index (χ4v) is 3.32. The van der Waals surface area contributed by atoms with Crippen molar-refractivity contribution in [3.63, 3.8) is 0 Å². The number of fused-ring (bicyclic) bond motifs is 1. The van der Waals surface area contributed by atoms with Crippen molar-refractivity contribution in [2.45, 2.75) is 71.3 Å². The molecule has 1 fully saturated rings. The summed E-state index contributed by atoms with van der Waals surface area (Å²) >= 11 is 0. The highest BCUT2D eigenvalue weighted by Gasteiger charge is 2.23. The minimum absolute atomic E-state index is 0.0694. The van der Waals surface area contributed by atoms with Crippen molar-refractivity contribution < 1.29 is 0 Å². The summed E-state index contributed by atoms with van der Waals surface area (Å²) in [7, 11) is 0. The topological polar surface area (TPSA) is 55.1 Å². The lowest BCUT2D eigenvalue weighted by atomic mass is 9.84. The SMILES string of the molecule is CC(Nc1ccc2nnc(C(C)(C)C)n2n1)C1CCCCC1. The Kier molecular flexibility index (Phi) is 4.06. The Hall–Kier alpha value is -1.65. The Morgan fingerprint density at radius 3 is 2.55 bits per heavy atom. The molecule has 3 rings (SSSR count). The average molecular weight is 301 g/mol. The molecule has 0 radical (unpaired) electrons. The molecular formula is C17H27N5. The highest BCUT2D eigenvalue weighted by Crippen LogP contribution is 2.28. The summed E-state index contributed by atoms with van der Waals surface area (Å²) in [6, 6.07) is 4.46. The van der Waals surface area contributed by atoms with Crippen LogP contribution in [0.3, 0.4) is 0 Å². The maximum atomic E-state index is 4.72. The second-order valence-corrected chi connectivity index (χ2v) is 7.59. The number of hydrogen-bond donors (Lipinski definition) is 1. The van der Waals surface area contributed by atoms with Crippen molar-refractivity contribution in [3.05, 3.63) is 18.0 Å². The van der Waals surface area contributed by atoms with Crippen molar-refractivity contribution in [2.24, 2.45) is 5.92 Å². The van der Waals surface area contributed by atoms with E-state index in [-0.39, 0.29) is 5.41 Å². The summed E-state index contributed by atoms with van der Waals surface area (Å²) in [6.45, 7) is 8.68. The van der Waals surface area contributed by atoms with Crippen LogP contribution in [0.5, 0.6) is 0 Å². The first-order valence-electron chi connectivity index (χ1n) is 8.44. The van der Waals surface area contributed by atoms with Gasteiger partial charge in [0.25, 0.3) is 0 Å². The number of aromatic nitrogens is 4. The van der Waals surface area contributed by atoms with E-state index < -0.39 is 0 Å². The molecule has 1 aliphatic carbocycles. The van der Waals surface area contributed by atoms with E-state index in [1.165, 1.54) is 32.1 Å². The van der Waals surface area contributed by atoms with Crippen LogP contribution in [0.15, 0.2) is 12.1 Å². The summed E-state index contributed by atoms with van der Waals surface area (Å²) in [4.78, 5) is 0. The highest BCUT2D eigenvalue weighted by molar-refractivity contribution is 5.45. The predicted octanol–water partition coefficient (Wildman–Crippen LogP) is 3.80. The highest BCUT2D eigenvalue weighted by atomic mass is 15.4. The Morgan fingerprint density at radius 2 is 1.86 bits per heavy atom. The predicted molar refractivity (Wildman–Crippen MR) is 89.1 cm³/mol. The molecule has 1 unspecified atom stereocenters. The fourth-order valence-electron chi connectivity index (χ4n) is 3.32. The van der Waals surface area contributed by atoms with Gasteiger partial charge in [0.05, 0.1) is 0 Å². The molecule has 0 aromatic carbocycles. The van der Waals surface area contributed by atoms with Gasteiger partial charge in [-0.2, -0.15) is 4.52 Å². The smallest absolute Gasteiger partial charge is 0.178 e. The van der Waals surface area contributed by atoms with Gasteiger partial charge >= 0.3 is 0 Å². The van der Waals surface area contributed by atoms with Gasteiger partial charge in [-0.3, -0.25) is 0 Å². The zero-order valence-electron chi connectivity index (χ0n) is 14.1. The zero-order chi connectivity index (χ0) is 15.7.